The Morgan fingerprint density at radius 3 is 2.04 bits per heavy atom. The molecule has 0 unspecified atom stereocenters. The summed E-state index contributed by atoms with van der Waals surface area (Å²) >= 11 is 0. The molecular formula is C32H53N5O16. The largest absolute Gasteiger partial charge is 0.497 e. The highest BCUT2D eigenvalue weighted by Gasteiger charge is 2.55. The number of rotatable bonds is 11. The van der Waals surface area contributed by atoms with Gasteiger partial charge in [-0.3, -0.25) is 0 Å². The maximum absolute atomic E-state index is 11.4. The molecular weight excluding hydrogens is 710 g/mol. The number of aliphatic hydroxyl groups is 6. The first-order chi connectivity index (χ1) is 25.3. The molecule has 0 bridgehead atoms. The summed E-state index contributed by atoms with van der Waals surface area (Å²) in [4.78, 5) is 0. The number of fused-ring (bicyclic) bond motifs is 1. The smallest absolute Gasteiger partial charge is 0.188 e. The summed E-state index contributed by atoms with van der Waals surface area (Å²) in [7, 11) is 3.02. The molecule has 0 amide bonds. The van der Waals surface area contributed by atoms with Gasteiger partial charge >= 0.3 is 0 Å². The van der Waals surface area contributed by atoms with E-state index in [1.807, 2.05) is 0 Å². The molecule has 53 heavy (non-hydrogen) atoms. The van der Waals surface area contributed by atoms with Crippen LogP contribution < -0.4 is 38.1 Å². The van der Waals surface area contributed by atoms with Gasteiger partial charge in [-0.25, -0.2) is 0 Å². The van der Waals surface area contributed by atoms with Crippen molar-refractivity contribution in [3.63, 3.8) is 0 Å². The molecule has 4 saturated heterocycles. The quantitative estimate of drug-likeness (QED) is 0.0999. The Morgan fingerprint density at radius 2 is 1.36 bits per heavy atom. The van der Waals surface area contributed by atoms with Gasteiger partial charge in [-0.1, -0.05) is 0 Å². The number of methoxy groups -OCH3 is 2. The van der Waals surface area contributed by atoms with E-state index in [1.54, 1.807) is 18.2 Å². The third kappa shape index (κ3) is 8.02. The van der Waals surface area contributed by atoms with Crippen LogP contribution in [0.15, 0.2) is 18.2 Å². The lowest BCUT2D eigenvalue weighted by molar-refractivity contribution is -0.356. The zero-order valence-corrected chi connectivity index (χ0v) is 29.3. The highest BCUT2D eigenvalue weighted by Crippen LogP contribution is 2.40. The Labute approximate surface area is 304 Å². The lowest BCUT2D eigenvalue weighted by atomic mass is 9.84. The third-order valence-electron chi connectivity index (χ3n) is 10.5. The normalized spacial score (nSPS) is 47.6. The van der Waals surface area contributed by atoms with Crippen LogP contribution in [0.4, 0.5) is 0 Å². The highest BCUT2D eigenvalue weighted by atomic mass is 16.8. The predicted molar refractivity (Wildman–Crippen MR) is 176 cm³/mol. The Kier molecular flexibility index (Phi) is 13.1. The molecule has 1 aromatic rings. The second kappa shape index (κ2) is 17.1. The van der Waals surface area contributed by atoms with Gasteiger partial charge in [0.25, 0.3) is 0 Å². The van der Waals surface area contributed by atoms with Crippen molar-refractivity contribution in [1.29, 1.82) is 0 Å². The minimum atomic E-state index is -1.62. The number of nitrogens with two attached hydrogens (primary N) is 5. The van der Waals surface area contributed by atoms with Crippen molar-refractivity contribution in [2.45, 2.75) is 129 Å². The highest BCUT2D eigenvalue weighted by molar-refractivity contribution is 5.41. The van der Waals surface area contributed by atoms with E-state index in [2.05, 4.69) is 0 Å². The van der Waals surface area contributed by atoms with Crippen molar-refractivity contribution in [3.8, 4) is 11.5 Å². The molecule has 1 aromatic carbocycles. The molecule has 1 aliphatic carbocycles. The number of aliphatic hydroxyl groups excluding tert-OH is 6. The first-order valence-corrected chi connectivity index (χ1v) is 17.5. The lowest BCUT2D eigenvalue weighted by Crippen LogP contribution is -2.69. The molecule has 4 aliphatic heterocycles. The zero-order valence-electron chi connectivity index (χ0n) is 29.3. The van der Waals surface area contributed by atoms with Crippen molar-refractivity contribution in [2.24, 2.45) is 28.7 Å². The SMILES string of the molecule is COc1ccc(OC)c([C@@H]2OC[C@H]3O[C@H](O[C@H]4[C@H](O[C@@H]5O[C@H](CO)[C@@H](O[C@H]6O[C@@H](CN)[C@@H](O)[C@H](O)[C@H]6N)[C@H]5O)[C@@H](O)[C@H](N)C[C@@H]4N)[C@H](N)[C@@H](O)[C@@H]3O2)c1. The average molecular weight is 764 g/mol. The first kappa shape index (κ1) is 40.7. The fourth-order valence-corrected chi connectivity index (χ4v) is 7.39. The van der Waals surface area contributed by atoms with Gasteiger partial charge in [0.2, 0.25) is 0 Å². The van der Waals surface area contributed by atoms with E-state index in [-0.39, 0.29) is 19.6 Å². The van der Waals surface area contributed by atoms with Crippen LogP contribution in [0, 0.1) is 0 Å². The van der Waals surface area contributed by atoms with E-state index in [0.717, 1.165) is 0 Å². The van der Waals surface area contributed by atoms with Crippen LogP contribution in [-0.4, -0.2) is 181 Å². The van der Waals surface area contributed by atoms with Crippen LogP contribution >= 0.6 is 0 Å². The summed E-state index contributed by atoms with van der Waals surface area (Å²) in [6, 6.07) is 0.936. The molecule has 0 spiro atoms. The van der Waals surface area contributed by atoms with E-state index in [1.165, 1.54) is 14.2 Å². The van der Waals surface area contributed by atoms with Gasteiger partial charge in [-0.2, -0.15) is 0 Å². The van der Waals surface area contributed by atoms with Gasteiger partial charge < -0.3 is 107 Å². The molecule has 20 atom stereocenters. The Bertz CT molecular complexity index is 1350. The van der Waals surface area contributed by atoms with Crippen LogP contribution in [0.25, 0.3) is 0 Å². The molecule has 6 rings (SSSR count). The van der Waals surface area contributed by atoms with Crippen LogP contribution in [0.2, 0.25) is 0 Å². The topological polar surface area (TPSA) is 344 Å². The van der Waals surface area contributed by atoms with Crippen LogP contribution in [-0.2, 0) is 37.9 Å². The minimum Gasteiger partial charge on any atom is -0.497 e. The van der Waals surface area contributed by atoms with E-state index in [9.17, 15) is 30.6 Å². The summed E-state index contributed by atoms with van der Waals surface area (Å²) in [5.41, 5.74) is 31.4. The second-order valence-electron chi connectivity index (χ2n) is 13.9. The van der Waals surface area contributed by atoms with Gasteiger partial charge in [-0.05, 0) is 24.6 Å². The van der Waals surface area contributed by atoms with Gasteiger partial charge in [0.1, 0.15) is 78.6 Å². The summed E-state index contributed by atoms with van der Waals surface area (Å²) < 4.78 is 58.7. The molecule has 1 saturated carbocycles. The minimum absolute atomic E-state index is 0.0358. The molecule has 0 radical (unpaired) electrons. The standard InChI is InChI=1S/C32H53N5O16/c1-44-10-3-4-14(45-2)11(5-10)29-46-9-17-27(51-29)23(42)19(37)31(49-17)50-25-13(35)6-12(34)20(39)28(25)53-32-24(43)26(16(8-38)48-32)52-30-18(36)22(41)21(40)15(7-33)47-30/h3-5,12-13,15-32,38-43H,6-9,33-37H2,1-2H3/t12-,13+,15+,16-,17-,18-,19-,20+,21-,22-,23-,24-,25-,26-,27-,28-,29-,30-,31-,32+/m1/s1. The number of benzene rings is 1. The summed E-state index contributed by atoms with van der Waals surface area (Å²) in [6.45, 7) is -0.856. The van der Waals surface area contributed by atoms with Crippen molar-refractivity contribution in [2.75, 3.05) is 34.0 Å². The molecule has 5 fully saturated rings. The molecule has 16 N–H and O–H groups in total. The number of hydrogen-bond acceptors (Lipinski definition) is 21. The van der Waals surface area contributed by atoms with E-state index < -0.39 is 129 Å². The second-order valence-corrected chi connectivity index (χ2v) is 13.9. The lowest BCUT2D eigenvalue weighted by Gasteiger charge is -2.49. The van der Waals surface area contributed by atoms with Gasteiger partial charge in [-0.15, -0.1) is 0 Å². The Balaban J connectivity index is 1.14. The maximum atomic E-state index is 11.4. The fourth-order valence-electron chi connectivity index (χ4n) is 7.39. The van der Waals surface area contributed by atoms with Gasteiger partial charge in [0, 0.05) is 18.6 Å². The molecule has 21 nitrogen and oxygen atoms in total. The molecule has 21 heteroatoms. The molecule has 4 heterocycles. The third-order valence-corrected chi connectivity index (χ3v) is 10.5. The van der Waals surface area contributed by atoms with Gasteiger partial charge in [0.15, 0.2) is 25.2 Å². The molecule has 0 aromatic heterocycles. The predicted octanol–water partition coefficient (Wildman–Crippen LogP) is -6.08. The Hall–Kier alpha value is -1.94. The van der Waals surface area contributed by atoms with Crippen molar-refractivity contribution < 1.29 is 78.0 Å². The fraction of sp³-hybridized carbons (Fsp3) is 0.812. The van der Waals surface area contributed by atoms with Crippen molar-refractivity contribution >= 4 is 0 Å². The zero-order chi connectivity index (χ0) is 38.3. The Morgan fingerprint density at radius 1 is 0.698 bits per heavy atom. The monoisotopic (exact) mass is 763 g/mol. The summed E-state index contributed by atoms with van der Waals surface area (Å²) in [5, 5.41) is 64.6. The van der Waals surface area contributed by atoms with Crippen LogP contribution in [0.3, 0.4) is 0 Å². The molecule has 5 aliphatic rings. The van der Waals surface area contributed by atoms with Gasteiger partial charge in [0.05, 0.1) is 51.2 Å². The van der Waals surface area contributed by atoms with Crippen molar-refractivity contribution in [1.82, 2.24) is 0 Å². The van der Waals surface area contributed by atoms with E-state index in [0.29, 0.717) is 17.1 Å². The maximum Gasteiger partial charge on any atom is 0.188 e. The number of ether oxygens (including phenoxy) is 10. The van der Waals surface area contributed by atoms with Crippen molar-refractivity contribution in [3.05, 3.63) is 23.8 Å². The van der Waals surface area contributed by atoms with Crippen LogP contribution in [0.5, 0.6) is 11.5 Å². The van der Waals surface area contributed by atoms with E-state index in [4.69, 9.17) is 76.0 Å². The average Bonchev–Trinajstić information content (AvgIpc) is 3.46. The van der Waals surface area contributed by atoms with Crippen LogP contribution in [0.1, 0.15) is 18.3 Å². The van der Waals surface area contributed by atoms with E-state index >= 15 is 0 Å². The first-order valence-electron chi connectivity index (χ1n) is 17.5. The summed E-state index contributed by atoms with van der Waals surface area (Å²) in [5.74, 6) is 1.02. The number of hydrogen-bond donors (Lipinski definition) is 11. The molecule has 302 valence electrons. The summed E-state index contributed by atoms with van der Waals surface area (Å²) in [6.07, 6.45) is -20.1.